The van der Waals surface area contributed by atoms with Crippen molar-refractivity contribution in [3.05, 3.63) is 29.8 Å². The molecule has 0 aromatic heterocycles. The van der Waals surface area contributed by atoms with Crippen LogP contribution in [0.2, 0.25) is 0 Å². The number of rotatable bonds is 10. The molecule has 1 fully saturated rings. The van der Waals surface area contributed by atoms with Gasteiger partial charge in [0.2, 0.25) is 0 Å². The number of benzene rings is 1. The Labute approximate surface area is 153 Å². The number of ether oxygens (including phenoxy) is 2. The molecule has 2 atom stereocenters. The van der Waals surface area contributed by atoms with Crippen LogP contribution in [0, 0.1) is 0 Å². The van der Waals surface area contributed by atoms with Gasteiger partial charge in [-0.15, -0.1) is 0 Å². The SMILES string of the molecule is CCCCCC(=O)OC1CCCCC1c1ccc(OCCCC)cc1. The summed E-state index contributed by atoms with van der Waals surface area (Å²) in [4.78, 5) is 12.1. The molecule has 0 radical (unpaired) electrons. The van der Waals surface area contributed by atoms with Crippen molar-refractivity contribution >= 4 is 5.97 Å². The molecule has 0 bridgehead atoms. The van der Waals surface area contributed by atoms with Crippen LogP contribution >= 0.6 is 0 Å². The van der Waals surface area contributed by atoms with E-state index in [0.29, 0.717) is 12.3 Å². The van der Waals surface area contributed by atoms with Crippen LogP contribution in [0.3, 0.4) is 0 Å². The lowest BCUT2D eigenvalue weighted by atomic mass is 9.81. The summed E-state index contributed by atoms with van der Waals surface area (Å²) < 4.78 is 11.6. The van der Waals surface area contributed by atoms with Gasteiger partial charge in [-0.25, -0.2) is 0 Å². The lowest BCUT2D eigenvalue weighted by molar-refractivity contribution is -0.151. The average molecular weight is 347 g/mol. The standard InChI is InChI=1S/C22H34O3/c1-3-5-7-12-22(23)25-21-11-9-8-10-20(21)18-13-15-19(16-14-18)24-17-6-4-2/h13-16,20-21H,3-12,17H2,1-2H3. The van der Waals surface area contributed by atoms with Crippen molar-refractivity contribution in [3.63, 3.8) is 0 Å². The van der Waals surface area contributed by atoms with E-state index < -0.39 is 0 Å². The molecule has 1 aliphatic carbocycles. The molecule has 0 spiro atoms. The minimum Gasteiger partial charge on any atom is -0.494 e. The van der Waals surface area contributed by atoms with Gasteiger partial charge in [-0.2, -0.15) is 0 Å². The van der Waals surface area contributed by atoms with Crippen molar-refractivity contribution in [2.45, 2.75) is 90.1 Å². The lowest BCUT2D eigenvalue weighted by Crippen LogP contribution is -2.28. The minimum absolute atomic E-state index is 0.0233. The van der Waals surface area contributed by atoms with E-state index >= 15 is 0 Å². The van der Waals surface area contributed by atoms with Gasteiger partial charge in [0.05, 0.1) is 6.61 Å². The first-order valence-corrected chi connectivity index (χ1v) is 10.2. The van der Waals surface area contributed by atoms with Gasteiger partial charge in [0.25, 0.3) is 0 Å². The van der Waals surface area contributed by atoms with Crippen molar-refractivity contribution in [3.8, 4) is 5.75 Å². The molecule has 1 aromatic carbocycles. The summed E-state index contributed by atoms with van der Waals surface area (Å²) in [5.74, 6) is 1.24. The molecule has 0 heterocycles. The first kappa shape index (κ1) is 19.8. The number of esters is 1. The fourth-order valence-corrected chi connectivity index (χ4v) is 3.51. The summed E-state index contributed by atoms with van der Waals surface area (Å²) in [6.45, 7) is 5.09. The Kier molecular flexibility index (Phi) is 8.85. The summed E-state index contributed by atoms with van der Waals surface area (Å²) in [6, 6.07) is 8.41. The third-order valence-corrected chi connectivity index (χ3v) is 5.04. The van der Waals surface area contributed by atoms with Gasteiger partial charge in [0.15, 0.2) is 0 Å². The number of carbonyl (C=O) groups is 1. The van der Waals surface area contributed by atoms with E-state index in [9.17, 15) is 4.79 Å². The molecule has 0 aliphatic heterocycles. The Morgan fingerprint density at radius 2 is 1.72 bits per heavy atom. The Hall–Kier alpha value is -1.51. The van der Waals surface area contributed by atoms with Crippen LogP contribution in [0.15, 0.2) is 24.3 Å². The first-order valence-electron chi connectivity index (χ1n) is 10.2. The van der Waals surface area contributed by atoms with Crippen molar-refractivity contribution in [2.24, 2.45) is 0 Å². The van der Waals surface area contributed by atoms with Gasteiger partial charge in [0.1, 0.15) is 11.9 Å². The maximum Gasteiger partial charge on any atom is 0.306 e. The zero-order chi connectivity index (χ0) is 17.9. The maximum absolute atomic E-state index is 12.1. The van der Waals surface area contributed by atoms with Crippen molar-refractivity contribution in [2.75, 3.05) is 6.61 Å². The highest BCUT2D eigenvalue weighted by molar-refractivity contribution is 5.69. The second-order valence-corrected chi connectivity index (χ2v) is 7.15. The molecule has 1 saturated carbocycles. The highest BCUT2D eigenvalue weighted by Crippen LogP contribution is 2.36. The van der Waals surface area contributed by atoms with E-state index in [4.69, 9.17) is 9.47 Å². The summed E-state index contributed by atoms with van der Waals surface area (Å²) >= 11 is 0. The Morgan fingerprint density at radius 3 is 2.44 bits per heavy atom. The van der Waals surface area contributed by atoms with Crippen molar-refractivity contribution < 1.29 is 14.3 Å². The molecule has 25 heavy (non-hydrogen) atoms. The van der Waals surface area contributed by atoms with Gasteiger partial charge in [-0.3, -0.25) is 4.79 Å². The second-order valence-electron chi connectivity index (χ2n) is 7.15. The molecular weight excluding hydrogens is 312 g/mol. The Bertz CT molecular complexity index is 494. The fourth-order valence-electron chi connectivity index (χ4n) is 3.51. The molecule has 0 N–H and O–H groups in total. The van der Waals surface area contributed by atoms with E-state index in [0.717, 1.165) is 63.7 Å². The maximum atomic E-state index is 12.1. The van der Waals surface area contributed by atoms with Crippen molar-refractivity contribution in [1.82, 2.24) is 0 Å². The van der Waals surface area contributed by atoms with Crippen LogP contribution in [0.4, 0.5) is 0 Å². The highest BCUT2D eigenvalue weighted by atomic mass is 16.5. The fraction of sp³-hybridized carbons (Fsp3) is 0.682. The predicted molar refractivity (Wildman–Crippen MR) is 102 cm³/mol. The van der Waals surface area contributed by atoms with Crippen LogP contribution in [0.25, 0.3) is 0 Å². The average Bonchev–Trinajstić information content (AvgIpc) is 2.63. The van der Waals surface area contributed by atoms with Gasteiger partial charge >= 0.3 is 5.97 Å². The number of hydrogen-bond acceptors (Lipinski definition) is 3. The molecule has 1 aliphatic rings. The number of carbonyl (C=O) groups excluding carboxylic acids is 1. The molecule has 0 amide bonds. The molecule has 1 aromatic rings. The smallest absolute Gasteiger partial charge is 0.306 e. The van der Waals surface area contributed by atoms with Crippen LogP contribution in [0.1, 0.15) is 89.5 Å². The number of unbranched alkanes of at least 4 members (excludes halogenated alkanes) is 3. The predicted octanol–water partition coefficient (Wildman–Crippen LogP) is 6.02. The molecular formula is C22H34O3. The van der Waals surface area contributed by atoms with E-state index in [-0.39, 0.29) is 12.1 Å². The van der Waals surface area contributed by atoms with Crippen LogP contribution < -0.4 is 4.74 Å². The Balaban J connectivity index is 1.91. The molecule has 3 nitrogen and oxygen atoms in total. The van der Waals surface area contributed by atoms with E-state index in [1.54, 1.807) is 0 Å². The minimum atomic E-state index is -0.0233. The third-order valence-electron chi connectivity index (χ3n) is 5.04. The monoisotopic (exact) mass is 346 g/mol. The lowest BCUT2D eigenvalue weighted by Gasteiger charge is -2.31. The van der Waals surface area contributed by atoms with E-state index in [2.05, 4.69) is 38.1 Å². The molecule has 3 heteroatoms. The summed E-state index contributed by atoms with van der Waals surface area (Å²) in [7, 11) is 0. The first-order chi connectivity index (χ1) is 12.2. The largest absolute Gasteiger partial charge is 0.494 e. The molecule has 0 saturated heterocycles. The summed E-state index contributed by atoms with van der Waals surface area (Å²) in [5, 5.41) is 0. The summed E-state index contributed by atoms with van der Waals surface area (Å²) in [5.41, 5.74) is 1.27. The second kappa shape index (κ2) is 11.2. The van der Waals surface area contributed by atoms with E-state index in [1.807, 2.05) is 0 Å². The Morgan fingerprint density at radius 1 is 1.00 bits per heavy atom. The van der Waals surface area contributed by atoms with E-state index in [1.165, 1.54) is 12.0 Å². The molecule has 2 unspecified atom stereocenters. The quantitative estimate of drug-likeness (QED) is 0.384. The highest BCUT2D eigenvalue weighted by Gasteiger charge is 2.29. The molecule has 140 valence electrons. The topological polar surface area (TPSA) is 35.5 Å². The van der Waals surface area contributed by atoms with Gasteiger partial charge in [-0.1, -0.05) is 51.7 Å². The van der Waals surface area contributed by atoms with Gasteiger partial charge in [0, 0.05) is 12.3 Å². The normalized spacial score (nSPS) is 20.2. The third kappa shape index (κ3) is 6.72. The van der Waals surface area contributed by atoms with Gasteiger partial charge in [-0.05, 0) is 49.8 Å². The van der Waals surface area contributed by atoms with Crippen LogP contribution in [0.5, 0.6) is 5.75 Å². The van der Waals surface area contributed by atoms with Crippen molar-refractivity contribution in [1.29, 1.82) is 0 Å². The van der Waals surface area contributed by atoms with Gasteiger partial charge < -0.3 is 9.47 Å². The zero-order valence-corrected chi connectivity index (χ0v) is 16.0. The van der Waals surface area contributed by atoms with Crippen LogP contribution in [-0.2, 0) is 9.53 Å². The summed E-state index contributed by atoms with van der Waals surface area (Å²) in [6.07, 6.45) is 10.4. The molecule has 2 rings (SSSR count). The van der Waals surface area contributed by atoms with Crippen LogP contribution in [-0.4, -0.2) is 18.7 Å². The zero-order valence-electron chi connectivity index (χ0n) is 16.0. The number of hydrogen-bond donors (Lipinski definition) is 0.